The highest BCUT2D eigenvalue weighted by atomic mass is 16.5. The summed E-state index contributed by atoms with van der Waals surface area (Å²) in [5.74, 6) is -3.18. The van der Waals surface area contributed by atoms with Gasteiger partial charge in [-0.1, -0.05) is 54.6 Å². The van der Waals surface area contributed by atoms with Crippen molar-refractivity contribution in [1.29, 1.82) is 0 Å². The predicted octanol–water partition coefficient (Wildman–Crippen LogP) is 5.16. The van der Waals surface area contributed by atoms with E-state index in [0.717, 1.165) is 0 Å². The minimum Gasteiger partial charge on any atom is -0.506 e. The molecule has 0 aliphatic carbocycles. The quantitative estimate of drug-likeness (QED) is 0.131. The zero-order valence-corrected chi connectivity index (χ0v) is 34.0. The van der Waals surface area contributed by atoms with Crippen LogP contribution in [0.1, 0.15) is 57.1 Å². The topological polar surface area (TPSA) is 222 Å². The number of aromatic nitrogens is 5. The number of carboxylic acids is 1. The monoisotopic (exact) mass is 847 g/mol. The van der Waals surface area contributed by atoms with Gasteiger partial charge in [0.05, 0.1) is 66.9 Å². The molecule has 0 spiro atoms. The van der Waals surface area contributed by atoms with E-state index in [-0.39, 0.29) is 53.6 Å². The maximum Gasteiger partial charge on any atom is 0.354 e. The summed E-state index contributed by atoms with van der Waals surface area (Å²) in [6, 6.07) is 28.5. The predicted molar refractivity (Wildman–Crippen MR) is 226 cm³/mol. The number of phenols is 2. The molecule has 2 bridgehead atoms. The molecule has 0 saturated carbocycles. The van der Waals surface area contributed by atoms with Crippen LogP contribution in [-0.2, 0) is 25.6 Å². The number of carboxylic acid groups (broad SMARTS) is 1. The fraction of sp³-hybridized carbons (Fsp3) is 0.234. The zero-order valence-electron chi connectivity index (χ0n) is 34.0. The maximum absolute atomic E-state index is 15.2. The molecule has 0 amide bonds. The van der Waals surface area contributed by atoms with E-state index >= 15 is 9.59 Å². The standard InChI is InChI=1S/C47H41N7O9/c1-62-44(60)46-25-53(39(30-20-18-27-10-7-16-35(55)37(27)51-30)31-21-19-28-11-8-17-36(56)38(28)52-31)26-47(43(46)59,45(61)63-2)41(33-14-4-6-23-49-33)54(40(46)32-13-3-5-22-48-32)24-29-12-9-15-34(50-29)42(57)58/h3-23,39-41,43,55-56,59H,24-26H2,1-2H3,(H,57,58). The molecule has 2 saturated heterocycles. The van der Waals surface area contributed by atoms with Gasteiger partial charge in [-0.2, -0.15) is 0 Å². The van der Waals surface area contributed by atoms with Crippen LogP contribution in [0.2, 0.25) is 0 Å². The summed E-state index contributed by atoms with van der Waals surface area (Å²) in [4.78, 5) is 70.2. The molecule has 9 rings (SSSR count). The smallest absolute Gasteiger partial charge is 0.354 e. The average Bonchev–Trinajstić information content (AvgIpc) is 3.30. The number of carbonyl (C=O) groups is 3. The number of hydrogen-bond acceptors (Lipinski definition) is 15. The molecule has 2 aliphatic rings. The van der Waals surface area contributed by atoms with Crippen molar-refractivity contribution in [2.75, 3.05) is 27.3 Å². The lowest BCUT2D eigenvalue weighted by molar-refractivity contribution is -0.257. The molecule has 318 valence electrons. The number of benzene rings is 2. The third-order valence-electron chi connectivity index (χ3n) is 12.3. The van der Waals surface area contributed by atoms with Gasteiger partial charge in [-0.15, -0.1) is 0 Å². The molecule has 16 nitrogen and oxygen atoms in total. The summed E-state index contributed by atoms with van der Waals surface area (Å²) in [5, 5.41) is 46.7. The Bertz CT molecular complexity index is 2730. The van der Waals surface area contributed by atoms with Gasteiger partial charge in [-0.3, -0.25) is 29.4 Å². The number of likely N-dealkylation sites (tertiary alicyclic amines) is 2. The number of aliphatic hydroxyl groups excluding tert-OH is 1. The van der Waals surface area contributed by atoms with Crippen molar-refractivity contribution in [2.24, 2.45) is 10.8 Å². The van der Waals surface area contributed by atoms with Crippen LogP contribution in [0.3, 0.4) is 0 Å². The molecule has 7 aromatic rings. The molecule has 7 heterocycles. The average molecular weight is 848 g/mol. The normalized spacial score (nSPS) is 22.5. The van der Waals surface area contributed by atoms with Gasteiger partial charge in [0.15, 0.2) is 0 Å². The summed E-state index contributed by atoms with van der Waals surface area (Å²) < 4.78 is 11.4. The number of pyridine rings is 5. The highest BCUT2D eigenvalue weighted by Gasteiger charge is 2.76. The van der Waals surface area contributed by atoms with Gasteiger partial charge in [0.2, 0.25) is 0 Å². The Balaban J connectivity index is 1.37. The van der Waals surface area contributed by atoms with Gasteiger partial charge in [0.1, 0.15) is 39.1 Å². The van der Waals surface area contributed by atoms with Crippen molar-refractivity contribution in [3.8, 4) is 11.5 Å². The Hall–Kier alpha value is -7.40. The van der Waals surface area contributed by atoms with Crippen LogP contribution in [0, 0.1) is 10.8 Å². The molecule has 5 aromatic heterocycles. The van der Waals surface area contributed by atoms with E-state index in [1.165, 1.54) is 32.4 Å². The summed E-state index contributed by atoms with van der Waals surface area (Å²) in [5.41, 5.74) is -2.20. The summed E-state index contributed by atoms with van der Waals surface area (Å²) in [6.45, 7) is -0.769. The fourth-order valence-corrected chi connectivity index (χ4v) is 9.83. The first-order valence-electron chi connectivity index (χ1n) is 20.0. The van der Waals surface area contributed by atoms with Gasteiger partial charge in [-0.05, 0) is 60.7 Å². The number of aliphatic hydroxyl groups is 1. The van der Waals surface area contributed by atoms with Gasteiger partial charge >= 0.3 is 17.9 Å². The lowest BCUT2D eigenvalue weighted by atomic mass is 9.53. The minimum absolute atomic E-state index is 0.0816. The van der Waals surface area contributed by atoms with Gasteiger partial charge in [0, 0.05) is 42.8 Å². The van der Waals surface area contributed by atoms with Gasteiger partial charge in [-0.25, -0.2) is 19.7 Å². The van der Waals surface area contributed by atoms with Crippen LogP contribution >= 0.6 is 0 Å². The molecule has 2 aromatic carbocycles. The molecule has 4 N–H and O–H groups in total. The summed E-state index contributed by atoms with van der Waals surface area (Å²) in [7, 11) is 2.40. The molecule has 2 fully saturated rings. The molecular weight excluding hydrogens is 807 g/mol. The third-order valence-corrected chi connectivity index (χ3v) is 12.3. The Morgan fingerprint density at radius 3 is 1.63 bits per heavy atom. The number of piperidine rings is 2. The van der Waals surface area contributed by atoms with Gasteiger partial charge < -0.3 is 29.9 Å². The third kappa shape index (κ3) is 6.66. The number of methoxy groups -OCH3 is 2. The number of ether oxygens (including phenoxy) is 2. The van der Waals surface area contributed by atoms with Crippen LogP contribution in [-0.4, -0.2) is 106 Å². The molecule has 0 radical (unpaired) electrons. The van der Waals surface area contributed by atoms with E-state index in [9.17, 15) is 25.2 Å². The first kappa shape index (κ1) is 41.0. The zero-order chi connectivity index (χ0) is 44.0. The van der Waals surface area contributed by atoms with E-state index < -0.39 is 53.0 Å². The molecule has 63 heavy (non-hydrogen) atoms. The number of aromatic hydroxyl groups is 2. The SMILES string of the molecule is COC(=O)C12CN(C(c3ccc4cccc(O)c4n3)c3ccc4cccc(O)c4n3)CC(C(=O)OC)(C(c3ccccn3)N(Cc3cccc(C(=O)O)n3)C1c1ccccn1)C2O. The highest BCUT2D eigenvalue weighted by Crippen LogP contribution is 2.64. The number of para-hydroxylation sites is 2. The molecular formula is C47H41N7O9. The number of esters is 2. The van der Waals surface area contributed by atoms with Crippen molar-refractivity contribution in [1.82, 2.24) is 34.7 Å². The second-order valence-electron chi connectivity index (χ2n) is 15.7. The first-order chi connectivity index (χ1) is 30.5. The van der Waals surface area contributed by atoms with E-state index in [1.807, 2.05) is 9.80 Å². The number of nitrogens with zero attached hydrogens (tertiary/aromatic N) is 7. The number of aromatic carboxylic acids is 1. The molecule has 4 unspecified atom stereocenters. The van der Waals surface area contributed by atoms with Crippen molar-refractivity contribution in [2.45, 2.75) is 30.8 Å². The lowest BCUT2D eigenvalue weighted by Gasteiger charge is -2.65. The van der Waals surface area contributed by atoms with Crippen LogP contribution < -0.4 is 0 Å². The molecule has 2 aliphatic heterocycles. The number of fused-ring (bicyclic) bond motifs is 4. The van der Waals surface area contributed by atoms with E-state index in [2.05, 4.69) is 4.98 Å². The number of rotatable bonds is 10. The van der Waals surface area contributed by atoms with Gasteiger partial charge in [0.25, 0.3) is 0 Å². The second-order valence-corrected chi connectivity index (χ2v) is 15.7. The number of phenolic OH excluding ortho intramolecular Hbond substituents is 2. The Morgan fingerprint density at radius 2 is 1.17 bits per heavy atom. The van der Waals surface area contributed by atoms with Crippen molar-refractivity contribution >= 4 is 39.7 Å². The Labute approximate surface area is 360 Å². The second kappa shape index (κ2) is 16.1. The van der Waals surface area contributed by atoms with Crippen LogP contribution in [0.5, 0.6) is 11.5 Å². The fourth-order valence-electron chi connectivity index (χ4n) is 9.83. The maximum atomic E-state index is 15.2. The van der Waals surface area contributed by atoms with Crippen LogP contribution in [0.25, 0.3) is 21.8 Å². The Morgan fingerprint density at radius 1 is 0.667 bits per heavy atom. The van der Waals surface area contributed by atoms with Crippen molar-refractivity contribution in [3.63, 3.8) is 0 Å². The minimum atomic E-state index is -2.08. The summed E-state index contributed by atoms with van der Waals surface area (Å²) >= 11 is 0. The van der Waals surface area contributed by atoms with Crippen molar-refractivity contribution < 1.29 is 44.3 Å². The number of hydrogen-bond donors (Lipinski definition) is 4. The van der Waals surface area contributed by atoms with Crippen LogP contribution in [0.15, 0.2) is 128 Å². The first-order valence-corrected chi connectivity index (χ1v) is 20.0. The van der Waals surface area contributed by atoms with Crippen LogP contribution in [0.4, 0.5) is 0 Å². The summed E-state index contributed by atoms with van der Waals surface area (Å²) in [6.07, 6.45) is 1.26. The number of carbonyl (C=O) groups excluding carboxylic acids is 2. The molecule has 16 heteroatoms. The van der Waals surface area contributed by atoms with E-state index in [0.29, 0.717) is 33.5 Å². The molecule has 4 atom stereocenters. The van der Waals surface area contributed by atoms with E-state index in [4.69, 9.17) is 29.4 Å². The Kier molecular flexibility index (Phi) is 10.5. The van der Waals surface area contributed by atoms with E-state index in [1.54, 1.807) is 109 Å². The lowest BCUT2D eigenvalue weighted by Crippen LogP contribution is -2.77. The largest absolute Gasteiger partial charge is 0.506 e. The van der Waals surface area contributed by atoms with Crippen molar-refractivity contribution in [3.05, 3.63) is 162 Å². The highest BCUT2D eigenvalue weighted by molar-refractivity contribution is 5.88.